The monoisotopic (exact) mass is 859 g/mol. The first kappa shape index (κ1) is 37.4. The molecule has 3 heteroatoms. The Morgan fingerprint density at radius 1 is 0.409 bits per heavy atom. The number of anilines is 3. The summed E-state index contributed by atoms with van der Waals surface area (Å²) in [6.45, 7) is 2.43. The molecular weight excluding hydrogens is 819 g/mol. The van der Waals surface area contributed by atoms with E-state index in [4.69, 9.17) is 4.42 Å². The first-order valence-corrected chi connectivity index (χ1v) is 23.7. The van der Waals surface area contributed by atoms with E-state index in [1.165, 1.54) is 75.8 Å². The second-order valence-electron chi connectivity index (χ2n) is 18.0. The molecule has 0 unspecified atom stereocenters. The van der Waals surface area contributed by atoms with Crippen LogP contribution in [0.1, 0.15) is 45.9 Å². The maximum atomic E-state index is 7.23. The standard InChI is InChI=1S/C63H41NOS/c1-62(51-29-13-8-23-43(51)44-24-9-14-30-52(44)62)59-55(38-37-49-47-26-11-16-33-57(47)65-60(49)59)64(56-32-18-28-50-48-27-12-17-34-58(48)66-61(50)56)42-35-36-46-45-25-10-15-31-53(45)63(54(46)39-42,40-19-4-2-5-20-40)41-21-6-3-7-22-41/h2-39H,1H3. The fourth-order valence-electron chi connectivity index (χ4n) is 12.1. The summed E-state index contributed by atoms with van der Waals surface area (Å²) in [4.78, 5) is 2.57. The van der Waals surface area contributed by atoms with Crippen LogP contribution in [0, 0.1) is 0 Å². The molecule has 0 atom stereocenters. The van der Waals surface area contributed by atoms with Crippen molar-refractivity contribution in [1.29, 1.82) is 0 Å². The van der Waals surface area contributed by atoms with E-state index >= 15 is 0 Å². The van der Waals surface area contributed by atoms with Gasteiger partial charge in [0.15, 0.2) is 0 Å². The Morgan fingerprint density at radius 2 is 0.970 bits per heavy atom. The number of hydrogen-bond acceptors (Lipinski definition) is 3. The van der Waals surface area contributed by atoms with Gasteiger partial charge in [-0.2, -0.15) is 0 Å². The zero-order valence-corrected chi connectivity index (χ0v) is 37.0. The molecule has 0 spiro atoms. The van der Waals surface area contributed by atoms with Gasteiger partial charge in [-0.05, 0) is 105 Å². The lowest BCUT2D eigenvalue weighted by molar-refractivity contribution is 0.638. The summed E-state index contributed by atoms with van der Waals surface area (Å²) in [5, 5.41) is 4.76. The molecule has 14 rings (SSSR count). The summed E-state index contributed by atoms with van der Waals surface area (Å²) in [7, 11) is 0. The third-order valence-electron chi connectivity index (χ3n) is 14.8. The predicted molar refractivity (Wildman–Crippen MR) is 276 cm³/mol. The number of para-hydroxylation sites is 1. The molecule has 2 nitrogen and oxygen atoms in total. The van der Waals surface area contributed by atoms with Gasteiger partial charge < -0.3 is 9.32 Å². The second-order valence-corrected chi connectivity index (χ2v) is 19.0. The van der Waals surface area contributed by atoms with Crippen LogP contribution >= 0.6 is 11.3 Å². The van der Waals surface area contributed by atoms with E-state index in [-0.39, 0.29) is 0 Å². The molecule has 0 amide bonds. The molecule has 0 aliphatic heterocycles. The highest BCUT2D eigenvalue weighted by Crippen LogP contribution is 2.61. The Labute approximate surface area is 387 Å². The average molecular weight is 860 g/mol. The van der Waals surface area contributed by atoms with Gasteiger partial charge in [-0.15, -0.1) is 11.3 Å². The molecule has 2 heterocycles. The fraction of sp³-hybridized carbons (Fsp3) is 0.0476. The van der Waals surface area contributed by atoms with Crippen LogP contribution in [0.3, 0.4) is 0 Å². The summed E-state index contributed by atoms with van der Waals surface area (Å²) in [5.41, 5.74) is 17.7. The maximum absolute atomic E-state index is 7.23. The molecule has 310 valence electrons. The highest BCUT2D eigenvalue weighted by Gasteiger charge is 2.48. The Bertz CT molecular complexity index is 3830. The minimum Gasteiger partial charge on any atom is -0.456 e. The van der Waals surface area contributed by atoms with Gasteiger partial charge in [0.2, 0.25) is 0 Å². The fourth-order valence-corrected chi connectivity index (χ4v) is 13.3. The molecule has 10 aromatic carbocycles. The van der Waals surface area contributed by atoms with Crippen LogP contribution < -0.4 is 4.90 Å². The minimum atomic E-state index is -0.590. The van der Waals surface area contributed by atoms with E-state index in [0.29, 0.717) is 0 Å². The second kappa shape index (κ2) is 14.0. The number of nitrogens with zero attached hydrogens (tertiary/aromatic N) is 1. The largest absolute Gasteiger partial charge is 0.456 e. The normalized spacial score (nSPS) is 14.1. The van der Waals surface area contributed by atoms with Crippen molar-refractivity contribution < 1.29 is 4.42 Å². The van der Waals surface area contributed by atoms with E-state index in [0.717, 1.165) is 44.6 Å². The summed E-state index contributed by atoms with van der Waals surface area (Å²) in [5.74, 6) is 0. The van der Waals surface area contributed by atoms with Crippen LogP contribution in [0.4, 0.5) is 17.1 Å². The predicted octanol–water partition coefficient (Wildman–Crippen LogP) is 17.1. The van der Waals surface area contributed by atoms with Crippen molar-refractivity contribution in [3.05, 3.63) is 269 Å². The Kier molecular flexibility index (Phi) is 7.94. The molecular formula is C63H41NOS. The van der Waals surface area contributed by atoms with Gasteiger partial charge in [-0.3, -0.25) is 0 Å². The first-order valence-electron chi connectivity index (χ1n) is 22.8. The van der Waals surface area contributed by atoms with Gasteiger partial charge in [0.05, 0.1) is 21.5 Å². The number of benzene rings is 10. The minimum absolute atomic E-state index is 0.569. The zero-order chi connectivity index (χ0) is 43.6. The topological polar surface area (TPSA) is 16.4 Å². The SMILES string of the molecule is CC1(c2c(N(c3ccc4c(c3)C(c3ccccc3)(c3ccccc3)c3ccccc3-4)c3cccc4c3sc3ccccc34)ccc3c2oc2ccccc23)c2ccccc2-c2ccccc21. The lowest BCUT2D eigenvalue weighted by Gasteiger charge is -2.37. The van der Waals surface area contributed by atoms with Crippen LogP contribution in [0.2, 0.25) is 0 Å². The van der Waals surface area contributed by atoms with E-state index in [1.807, 2.05) is 11.3 Å². The number of fused-ring (bicyclic) bond motifs is 12. The molecule has 0 saturated heterocycles. The maximum Gasteiger partial charge on any atom is 0.141 e. The van der Waals surface area contributed by atoms with Gasteiger partial charge in [0.1, 0.15) is 11.2 Å². The average Bonchev–Trinajstić information content (AvgIpc) is 4.11. The van der Waals surface area contributed by atoms with Crippen molar-refractivity contribution in [2.24, 2.45) is 0 Å². The van der Waals surface area contributed by atoms with Gasteiger partial charge in [0, 0.05) is 42.9 Å². The van der Waals surface area contributed by atoms with Crippen molar-refractivity contribution in [3.8, 4) is 22.3 Å². The van der Waals surface area contributed by atoms with Crippen molar-refractivity contribution >= 4 is 70.5 Å². The molecule has 12 aromatic rings. The quantitative estimate of drug-likeness (QED) is 0.166. The van der Waals surface area contributed by atoms with E-state index in [9.17, 15) is 0 Å². The van der Waals surface area contributed by atoms with Crippen LogP contribution in [-0.2, 0) is 10.8 Å². The van der Waals surface area contributed by atoms with Gasteiger partial charge >= 0.3 is 0 Å². The number of hydrogen-bond donors (Lipinski definition) is 0. The third-order valence-corrected chi connectivity index (χ3v) is 16.0. The number of thiophene rings is 1. The smallest absolute Gasteiger partial charge is 0.141 e. The summed E-state index contributed by atoms with van der Waals surface area (Å²) in [6.07, 6.45) is 0. The Balaban J connectivity index is 1.14. The van der Waals surface area contributed by atoms with E-state index in [1.54, 1.807) is 0 Å². The molecule has 2 aliphatic carbocycles. The van der Waals surface area contributed by atoms with Crippen molar-refractivity contribution in [2.75, 3.05) is 4.90 Å². The molecule has 66 heavy (non-hydrogen) atoms. The third kappa shape index (κ3) is 4.95. The van der Waals surface area contributed by atoms with Crippen molar-refractivity contribution in [2.45, 2.75) is 17.8 Å². The van der Waals surface area contributed by atoms with Crippen molar-refractivity contribution in [3.63, 3.8) is 0 Å². The lowest BCUT2D eigenvalue weighted by atomic mass is 9.67. The molecule has 0 bridgehead atoms. The highest BCUT2D eigenvalue weighted by atomic mass is 32.1. The summed E-state index contributed by atoms with van der Waals surface area (Å²) < 4.78 is 9.75. The van der Waals surface area contributed by atoms with Crippen LogP contribution in [0.5, 0.6) is 0 Å². The zero-order valence-electron chi connectivity index (χ0n) is 36.2. The Morgan fingerprint density at radius 3 is 1.68 bits per heavy atom. The first-order chi connectivity index (χ1) is 32.6. The van der Waals surface area contributed by atoms with Crippen LogP contribution in [-0.4, -0.2) is 0 Å². The van der Waals surface area contributed by atoms with Gasteiger partial charge in [-0.1, -0.05) is 188 Å². The molecule has 2 aliphatic rings. The van der Waals surface area contributed by atoms with E-state index < -0.39 is 10.8 Å². The Hall–Kier alpha value is -7.98. The molecule has 0 radical (unpaired) electrons. The van der Waals surface area contributed by atoms with E-state index in [2.05, 4.69) is 242 Å². The number of furan rings is 1. The lowest BCUT2D eigenvalue weighted by Crippen LogP contribution is -2.29. The van der Waals surface area contributed by atoms with Crippen LogP contribution in [0.25, 0.3) is 64.4 Å². The van der Waals surface area contributed by atoms with Crippen LogP contribution in [0.15, 0.2) is 235 Å². The highest BCUT2D eigenvalue weighted by molar-refractivity contribution is 7.26. The molecule has 0 N–H and O–H groups in total. The van der Waals surface area contributed by atoms with Gasteiger partial charge in [0.25, 0.3) is 0 Å². The molecule has 0 saturated carbocycles. The van der Waals surface area contributed by atoms with Gasteiger partial charge in [-0.25, -0.2) is 0 Å². The number of rotatable bonds is 6. The summed E-state index contributed by atoms with van der Waals surface area (Å²) in [6, 6.07) is 85.4. The van der Waals surface area contributed by atoms with Crippen molar-refractivity contribution in [1.82, 2.24) is 0 Å². The molecule has 0 fully saturated rings. The summed E-state index contributed by atoms with van der Waals surface area (Å²) >= 11 is 1.87. The molecule has 2 aromatic heterocycles.